The van der Waals surface area contributed by atoms with Gasteiger partial charge in [0, 0.05) is 12.1 Å². The highest BCUT2D eigenvalue weighted by Gasteiger charge is 2.16. The molecule has 0 saturated heterocycles. The standard InChI is InChI=1S/C10H14ClNO2/c1-6-3-4-7(13)9(10(6)11)8(14)5-12-2/h3-4,8,12-14H,5H2,1-2H3. The fraction of sp³-hybridized carbons (Fsp3) is 0.400. The van der Waals surface area contributed by atoms with E-state index in [4.69, 9.17) is 11.6 Å². The van der Waals surface area contributed by atoms with E-state index in [1.165, 1.54) is 6.07 Å². The van der Waals surface area contributed by atoms with Crippen LogP contribution in [-0.2, 0) is 0 Å². The van der Waals surface area contributed by atoms with E-state index in [9.17, 15) is 10.2 Å². The highest BCUT2D eigenvalue weighted by Crippen LogP contribution is 2.33. The summed E-state index contributed by atoms with van der Waals surface area (Å²) in [6.07, 6.45) is -0.785. The molecular weight excluding hydrogens is 202 g/mol. The summed E-state index contributed by atoms with van der Waals surface area (Å²) in [4.78, 5) is 0. The number of aliphatic hydroxyl groups excluding tert-OH is 1. The second kappa shape index (κ2) is 4.64. The van der Waals surface area contributed by atoms with Crippen LogP contribution < -0.4 is 5.32 Å². The molecule has 14 heavy (non-hydrogen) atoms. The summed E-state index contributed by atoms with van der Waals surface area (Å²) in [5.41, 5.74) is 1.23. The SMILES string of the molecule is CNCC(O)c1c(O)ccc(C)c1Cl. The zero-order valence-corrected chi connectivity index (χ0v) is 8.97. The van der Waals surface area contributed by atoms with E-state index in [2.05, 4.69) is 5.32 Å². The van der Waals surface area contributed by atoms with Gasteiger partial charge in [0.05, 0.1) is 11.1 Å². The molecule has 3 nitrogen and oxygen atoms in total. The van der Waals surface area contributed by atoms with Crippen LogP contribution in [0.2, 0.25) is 5.02 Å². The Balaban J connectivity index is 3.11. The Morgan fingerprint density at radius 3 is 2.71 bits per heavy atom. The van der Waals surface area contributed by atoms with Gasteiger partial charge >= 0.3 is 0 Å². The summed E-state index contributed by atoms with van der Waals surface area (Å²) < 4.78 is 0. The molecule has 0 aliphatic heterocycles. The minimum atomic E-state index is -0.785. The van der Waals surface area contributed by atoms with Crippen LogP contribution in [-0.4, -0.2) is 23.8 Å². The Morgan fingerprint density at radius 2 is 2.14 bits per heavy atom. The van der Waals surface area contributed by atoms with Gasteiger partial charge in [0.2, 0.25) is 0 Å². The summed E-state index contributed by atoms with van der Waals surface area (Å²) in [5, 5.41) is 22.5. The molecule has 1 unspecified atom stereocenters. The number of hydrogen-bond acceptors (Lipinski definition) is 3. The van der Waals surface area contributed by atoms with Crippen molar-refractivity contribution in [2.24, 2.45) is 0 Å². The molecule has 3 N–H and O–H groups in total. The molecule has 0 aliphatic carbocycles. The molecule has 1 rings (SSSR count). The summed E-state index contributed by atoms with van der Waals surface area (Å²) in [6, 6.07) is 3.25. The third-order valence-corrected chi connectivity index (χ3v) is 2.58. The molecule has 0 heterocycles. The van der Waals surface area contributed by atoms with E-state index in [1.54, 1.807) is 13.1 Å². The molecule has 0 spiro atoms. The molecule has 0 aromatic heterocycles. The molecule has 0 amide bonds. The number of aryl methyl sites for hydroxylation is 1. The van der Waals surface area contributed by atoms with Gasteiger partial charge in [0.25, 0.3) is 0 Å². The normalized spacial score (nSPS) is 12.9. The number of rotatable bonds is 3. The Bertz CT molecular complexity index is 328. The summed E-state index contributed by atoms with van der Waals surface area (Å²) in [5.74, 6) is 0.0309. The molecule has 78 valence electrons. The molecule has 0 radical (unpaired) electrons. The van der Waals surface area contributed by atoms with E-state index < -0.39 is 6.10 Å². The number of aromatic hydroxyl groups is 1. The summed E-state index contributed by atoms with van der Waals surface area (Å²) >= 11 is 5.98. The lowest BCUT2D eigenvalue weighted by Gasteiger charge is -2.15. The van der Waals surface area contributed by atoms with Gasteiger partial charge in [-0.05, 0) is 25.6 Å². The smallest absolute Gasteiger partial charge is 0.122 e. The first-order chi connectivity index (χ1) is 6.57. The predicted octanol–water partition coefficient (Wildman–Crippen LogP) is 1.61. The molecule has 0 bridgehead atoms. The number of hydrogen-bond donors (Lipinski definition) is 3. The average Bonchev–Trinajstić information content (AvgIpc) is 2.13. The number of benzene rings is 1. The molecule has 1 aromatic carbocycles. The largest absolute Gasteiger partial charge is 0.508 e. The van der Waals surface area contributed by atoms with Crippen molar-refractivity contribution in [2.75, 3.05) is 13.6 Å². The maximum atomic E-state index is 9.70. The number of phenols is 1. The number of phenolic OH excluding ortho intramolecular Hbond substituents is 1. The average molecular weight is 216 g/mol. The molecule has 0 fully saturated rings. The number of halogens is 1. The van der Waals surface area contributed by atoms with E-state index in [-0.39, 0.29) is 5.75 Å². The zero-order chi connectivity index (χ0) is 10.7. The summed E-state index contributed by atoms with van der Waals surface area (Å²) in [7, 11) is 1.73. The fourth-order valence-corrected chi connectivity index (χ4v) is 1.59. The molecule has 1 aromatic rings. The van der Waals surface area contributed by atoms with Crippen molar-refractivity contribution in [3.8, 4) is 5.75 Å². The van der Waals surface area contributed by atoms with Crippen molar-refractivity contribution < 1.29 is 10.2 Å². The Labute approximate surface area is 88.3 Å². The van der Waals surface area contributed by atoms with Gasteiger partial charge in [-0.15, -0.1) is 0 Å². The van der Waals surface area contributed by atoms with Gasteiger partial charge in [-0.25, -0.2) is 0 Å². The van der Waals surface area contributed by atoms with Crippen LogP contribution in [0.15, 0.2) is 12.1 Å². The lowest BCUT2D eigenvalue weighted by Crippen LogP contribution is -2.17. The van der Waals surface area contributed by atoms with Crippen molar-refractivity contribution in [1.82, 2.24) is 5.32 Å². The van der Waals surface area contributed by atoms with Crippen molar-refractivity contribution in [2.45, 2.75) is 13.0 Å². The van der Waals surface area contributed by atoms with Crippen LogP contribution >= 0.6 is 11.6 Å². The summed E-state index contributed by atoms with van der Waals surface area (Å²) in [6.45, 7) is 2.19. The highest BCUT2D eigenvalue weighted by atomic mass is 35.5. The van der Waals surface area contributed by atoms with Gasteiger partial charge < -0.3 is 15.5 Å². The van der Waals surface area contributed by atoms with Crippen LogP contribution in [0.4, 0.5) is 0 Å². The van der Waals surface area contributed by atoms with Crippen LogP contribution in [0.5, 0.6) is 5.75 Å². The highest BCUT2D eigenvalue weighted by molar-refractivity contribution is 6.32. The van der Waals surface area contributed by atoms with Gasteiger partial charge in [-0.3, -0.25) is 0 Å². The van der Waals surface area contributed by atoms with Gasteiger partial charge in [-0.2, -0.15) is 0 Å². The van der Waals surface area contributed by atoms with E-state index in [0.29, 0.717) is 17.1 Å². The molecule has 0 saturated carbocycles. The quantitative estimate of drug-likeness (QED) is 0.718. The lowest BCUT2D eigenvalue weighted by molar-refractivity contribution is 0.174. The number of likely N-dealkylation sites (N-methyl/N-ethyl adjacent to an activating group) is 1. The molecule has 0 aliphatic rings. The fourth-order valence-electron chi connectivity index (χ4n) is 1.30. The molecule has 4 heteroatoms. The van der Waals surface area contributed by atoms with Crippen molar-refractivity contribution >= 4 is 11.6 Å². The number of aliphatic hydroxyl groups is 1. The van der Waals surface area contributed by atoms with Crippen molar-refractivity contribution in [3.05, 3.63) is 28.3 Å². The topological polar surface area (TPSA) is 52.5 Å². The first kappa shape index (κ1) is 11.3. The van der Waals surface area contributed by atoms with Gasteiger partial charge in [0.1, 0.15) is 5.75 Å². The van der Waals surface area contributed by atoms with E-state index >= 15 is 0 Å². The van der Waals surface area contributed by atoms with Crippen LogP contribution in [0, 0.1) is 6.92 Å². The third-order valence-electron chi connectivity index (χ3n) is 2.08. The lowest BCUT2D eigenvalue weighted by atomic mass is 10.1. The molecule has 1 atom stereocenters. The Hall–Kier alpha value is -0.770. The maximum Gasteiger partial charge on any atom is 0.122 e. The van der Waals surface area contributed by atoms with E-state index in [1.807, 2.05) is 6.92 Å². The van der Waals surface area contributed by atoms with Crippen molar-refractivity contribution in [3.63, 3.8) is 0 Å². The van der Waals surface area contributed by atoms with Crippen LogP contribution in [0.1, 0.15) is 17.2 Å². The van der Waals surface area contributed by atoms with Crippen LogP contribution in [0.25, 0.3) is 0 Å². The molecular formula is C10H14ClNO2. The minimum absolute atomic E-state index is 0.0309. The Morgan fingerprint density at radius 1 is 1.50 bits per heavy atom. The number of nitrogens with one attached hydrogen (secondary N) is 1. The predicted molar refractivity (Wildman–Crippen MR) is 56.7 cm³/mol. The van der Waals surface area contributed by atoms with E-state index in [0.717, 1.165) is 5.56 Å². The third kappa shape index (κ3) is 2.18. The van der Waals surface area contributed by atoms with Gasteiger partial charge in [-0.1, -0.05) is 17.7 Å². The second-order valence-electron chi connectivity index (χ2n) is 3.20. The minimum Gasteiger partial charge on any atom is -0.508 e. The zero-order valence-electron chi connectivity index (χ0n) is 8.21. The first-order valence-corrected chi connectivity index (χ1v) is 4.76. The maximum absolute atomic E-state index is 9.70. The van der Waals surface area contributed by atoms with Crippen molar-refractivity contribution in [1.29, 1.82) is 0 Å². The Kier molecular flexibility index (Phi) is 3.75. The van der Waals surface area contributed by atoms with Gasteiger partial charge in [0.15, 0.2) is 0 Å². The second-order valence-corrected chi connectivity index (χ2v) is 3.58. The monoisotopic (exact) mass is 215 g/mol. The van der Waals surface area contributed by atoms with Crippen LogP contribution in [0.3, 0.4) is 0 Å². The first-order valence-electron chi connectivity index (χ1n) is 4.38.